The van der Waals surface area contributed by atoms with E-state index < -0.39 is 0 Å². The fraction of sp³-hybridized carbons (Fsp3) is 0.296. The molecule has 5 aromatic rings. The smallest absolute Gasteiger partial charge is 0.128 e. The highest BCUT2D eigenvalue weighted by Gasteiger charge is 2.52. The third-order valence-corrected chi connectivity index (χ3v) is 8.28. The second-order valence-electron chi connectivity index (χ2n) is 9.84. The van der Waals surface area contributed by atoms with Gasteiger partial charge in [-0.15, -0.1) is 0 Å². The van der Waals surface area contributed by atoms with Crippen LogP contribution in [0.25, 0.3) is 38.8 Å². The number of fused-ring (bicyclic) bond motifs is 3. The lowest BCUT2D eigenvalue weighted by Gasteiger charge is -2.20. The number of pyridine rings is 1. The summed E-state index contributed by atoms with van der Waals surface area (Å²) in [7, 11) is 1.95. The molecule has 34 heavy (non-hydrogen) atoms. The molecule has 3 aromatic heterocycles. The molecule has 3 atom stereocenters. The minimum Gasteiger partial charge on any atom is -0.356 e. The molecule has 0 amide bonds. The van der Waals surface area contributed by atoms with Crippen molar-refractivity contribution in [2.75, 3.05) is 18.0 Å². The molecule has 170 valence electrons. The van der Waals surface area contributed by atoms with Crippen molar-refractivity contribution in [3.8, 4) is 16.9 Å². The molecule has 2 aromatic carbocycles. The standard InChI is InChI=1S/C27H25ClN6/c1-15-20-13-33(14-21(15)20)25-10-7-17(11-29-25)34-27-16(2)23(28)9-8-19(27)26(31-34)18-5-4-6-24-22(18)12-32(3)30-24/h4-12,15,20-21H,13-14H2,1-3H3/t15?,20-,21?/m1/s1. The Kier molecular flexibility index (Phi) is 4.16. The van der Waals surface area contributed by atoms with Crippen molar-refractivity contribution in [1.82, 2.24) is 24.5 Å². The van der Waals surface area contributed by atoms with E-state index in [-0.39, 0.29) is 0 Å². The van der Waals surface area contributed by atoms with Crippen LogP contribution in [-0.2, 0) is 7.05 Å². The number of hydrogen-bond donors (Lipinski definition) is 0. The summed E-state index contributed by atoms with van der Waals surface area (Å²) < 4.78 is 3.84. The molecule has 7 heteroatoms. The summed E-state index contributed by atoms with van der Waals surface area (Å²) in [6.45, 7) is 6.66. The van der Waals surface area contributed by atoms with E-state index in [1.54, 1.807) is 0 Å². The maximum absolute atomic E-state index is 6.56. The van der Waals surface area contributed by atoms with Gasteiger partial charge in [0.2, 0.25) is 0 Å². The minimum atomic E-state index is 0.731. The van der Waals surface area contributed by atoms with Crippen molar-refractivity contribution in [1.29, 1.82) is 0 Å². The van der Waals surface area contributed by atoms with E-state index in [1.807, 2.05) is 40.8 Å². The molecule has 6 nitrogen and oxygen atoms in total. The van der Waals surface area contributed by atoms with Crippen molar-refractivity contribution >= 4 is 39.2 Å². The highest BCUT2D eigenvalue weighted by Crippen LogP contribution is 2.51. The van der Waals surface area contributed by atoms with Crippen LogP contribution in [0.1, 0.15) is 12.5 Å². The van der Waals surface area contributed by atoms with Gasteiger partial charge in [-0.05, 0) is 60.6 Å². The minimum absolute atomic E-state index is 0.731. The van der Waals surface area contributed by atoms with E-state index in [0.29, 0.717) is 0 Å². The van der Waals surface area contributed by atoms with Gasteiger partial charge in [0.05, 0.1) is 22.9 Å². The van der Waals surface area contributed by atoms with Crippen LogP contribution in [0.4, 0.5) is 5.82 Å². The van der Waals surface area contributed by atoms with Gasteiger partial charge < -0.3 is 4.90 Å². The van der Waals surface area contributed by atoms with Crippen LogP contribution < -0.4 is 4.90 Å². The number of nitrogens with zero attached hydrogens (tertiary/aromatic N) is 6. The number of benzene rings is 2. The van der Waals surface area contributed by atoms with Crippen LogP contribution in [0.5, 0.6) is 0 Å². The van der Waals surface area contributed by atoms with E-state index in [0.717, 1.165) is 86.0 Å². The lowest BCUT2D eigenvalue weighted by molar-refractivity contribution is 0.684. The van der Waals surface area contributed by atoms with Crippen molar-refractivity contribution in [3.63, 3.8) is 0 Å². The number of anilines is 1. The Morgan fingerprint density at radius 3 is 2.56 bits per heavy atom. The zero-order chi connectivity index (χ0) is 23.1. The van der Waals surface area contributed by atoms with Gasteiger partial charge in [0.1, 0.15) is 11.5 Å². The number of aryl methyl sites for hydroxylation is 2. The molecule has 2 unspecified atom stereocenters. The Morgan fingerprint density at radius 2 is 1.79 bits per heavy atom. The molecule has 1 saturated carbocycles. The first-order valence-electron chi connectivity index (χ1n) is 11.8. The fourth-order valence-electron chi connectivity index (χ4n) is 5.80. The maximum Gasteiger partial charge on any atom is 0.128 e. The van der Waals surface area contributed by atoms with E-state index in [2.05, 4.69) is 54.3 Å². The average molecular weight is 469 g/mol. The summed E-state index contributed by atoms with van der Waals surface area (Å²) in [5.41, 5.74) is 5.89. The lowest BCUT2D eigenvalue weighted by Crippen LogP contribution is -2.24. The largest absolute Gasteiger partial charge is 0.356 e. The van der Waals surface area contributed by atoms with Gasteiger partial charge in [-0.25, -0.2) is 9.67 Å². The number of aromatic nitrogens is 5. The quantitative estimate of drug-likeness (QED) is 0.344. The van der Waals surface area contributed by atoms with Gasteiger partial charge >= 0.3 is 0 Å². The average Bonchev–Trinajstić information content (AvgIpc) is 3.28. The molecule has 1 saturated heterocycles. The van der Waals surface area contributed by atoms with Gasteiger partial charge in [-0.3, -0.25) is 4.68 Å². The maximum atomic E-state index is 6.56. The van der Waals surface area contributed by atoms with Gasteiger partial charge in [0.25, 0.3) is 0 Å². The summed E-state index contributed by atoms with van der Waals surface area (Å²) >= 11 is 6.56. The molecule has 0 spiro atoms. The topological polar surface area (TPSA) is 51.8 Å². The number of rotatable bonds is 3. The highest BCUT2D eigenvalue weighted by molar-refractivity contribution is 6.32. The Morgan fingerprint density at radius 1 is 0.971 bits per heavy atom. The number of halogens is 1. The lowest BCUT2D eigenvalue weighted by atomic mass is 10.0. The summed E-state index contributed by atoms with van der Waals surface area (Å²) in [4.78, 5) is 7.24. The van der Waals surface area contributed by atoms with Gasteiger partial charge in [0.15, 0.2) is 0 Å². The van der Waals surface area contributed by atoms with E-state index in [4.69, 9.17) is 21.7 Å². The predicted molar refractivity (Wildman–Crippen MR) is 137 cm³/mol. The molecule has 0 bridgehead atoms. The van der Waals surface area contributed by atoms with Crippen molar-refractivity contribution in [2.45, 2.75) is 13.8 Å². The summed E-state index contributed by atoms with van der Waals surface area (Å²) in [6, 6.07) is 14.5. The fourth-order valence-corrected chi connectivity index (χ4v) is 5.95. The molecule has 2 fully saturated rings. The molecular weight excluding hydrogens is 444 g/mol. The number of piperidine rings is 1. The first-order chi connectivity index (χ1) is 16.5. The SMILES string of the molecule is Cc1c(Cl)ccc2c(-c3cccc4nn(C)cc34)nn(-c3ccc(N4CC5C(C)[C@H]5C4)nc3)c12. The van der Waals surface area contributed by atoms with E-state index >= 15 is 0 Å². The summed E-state index contributed by atoms with van der Waals surface area (Å²) in [6.07, 6.45) is 3.99. The summed E-state index contributed by atoms with van der Waals surface area (Å²) in [5, 5.41) is 12.6. The van der Waals surface area contributed by atoms with Crippen LogP contribution in [0.2, 0.25) is 5.02 Å². The van der Waals surface area contributed by atoms with Crippen LogP contribution in [0.3, 0.4) is 0 Å². The predicted octanol–water partition coefficient (Wildman–Crippen LogP) is 5.64. The molecule has 4 heterocycles. The normalized spacial score (nSPS) is 21.5. The van der Waals surface area contributed by atoms with Gasteiger partial charge in [0, 0.05) is 47.7 Å². The highest BCUT2D eigenvalue weighted by atomic mass is 35.5. The zero-order valence-electron chi connectivity index (χ0n) is 19.4. The van der Waals surface area contributed by atoms with Crippen LogP contribution >= 0.6 is 11.6 Å². The Bertz CT molecular complexity index is 1570. The van der Waals surface area contributed by atoms with Crippen molar-refractivity contribution in [3.05, 3.63) is 65.4 Å². The third kappa shape index (κ3) is 2.84. The summed E-state index contributed by atoms with van der Waals surface area (Å²) in [5.74, 6) is 3.62. The Labute approximate surface area is 202 Å². The molecule has 7 rings (SSSR count). The van der Waals surface area contributed by atoms with Crippen LogP contribution in [0, 0.1) is 24.7 Å². The van der Waals surface area contributed by atoms with Crippen molar-refractivity contribution < 1.29 is 0 Å². The first kappa shape index (κ1) is 20.0. The second-order valence-corrected chi connectivity index (χ2v) is 10.2. The molecular formula is C27H25ClN6. The van der Waals surface area contributed by atoms with Gasteiger partial charge in [-0.2, -0.15) is 10.2 Å². The zero-order valence-corrected chi connectivity index (χ0v) is 20.2. The molecule has 1 aliphatic heterocycles. The van der Waals surface area contributed by atoms with E-state index in [1.165, 1.54) is 0 Å². The second kappa shape index (κ2) is 7.06. The molecule has 0 radical (unpaired) electrons. The Balaban J connectivity index is 1.37. The van der Waals surface area contributed by atoms with E-state index in [9.17, 15) is 0 Å². The number of hydrogen-bond acceptors (Lipinski definition) is 4. The first-order valence-corrected chi connectivity index (χ1v) is 12.2. The molecule has 0 N–H and O–H groups in total. The van der Waals surface area contributed by atoms with Crippen LogP contribution in [-0.4, -0.2) is 37.6 Å². The van der Waals surface area contributed by atoms with Crippen LogP contribution in [0.15, 0.2) is 54.9 Å². The van der Waals surface area contributed by atoms with Gasteiger partial charge in [-0.1, -0.05) is 30.7 Å². The van der Waals surface area contributed by atoms with Crippen molar-refractivity contribution in [2.24, 2.45) is 24.8 Å². The molecule has 2 aliphatic rings. The Hall–Kier alpha value is -3.38. The monoisotopic (exact) mass is 468 g/mol. The third-order valence-electron chi connectivity index (χ3n) is 7.87. The molecule has 1 aliphatic carbocycles.